The fourth-order valence-corrected chi connectivity index (χ4v) is 2.57. The summed E-state index contributed by atoms with van der Waals surface area (Å²) in [5.41, 5.74) is 0. The molecule has 98 valence electrons. The molecule has 0 aliphatic carbocycles. The quantitative estimate of drug-likeness (QED) is 0.612. The first-order valence-electron chi connectivity index (χ1n) is 7.22. The van der Waals surface area contributed by atoms with Gasteiger partial charge in [-0.3, -0.25) is 0 Å². The molecule has 16 heavy (non-hydrogen) atoms. The van der Waals surface area contributed by atoms with Crippen LogP contribution in [0.5, 0.6) is 0 Å². The third kappa shape index (κ3) is 6.52. The van der Waals surface area contributed by atoms with Gasteiger partial charge in [0, 0.05) is 6.04 Å². The van der Waals surface area contributed by atoms with Crippen LogP contribution in [-0.4, -0.2) is 13.1 Å². The molecular weight excluding hydrogens is 194 g/mol. The smallest absolute Gasteiger partial charge is 0.00946 e. The SMILES string of the molecule is CCC(CC)C(CC(C)CCC(C)C)NC. The molecule has 1 heteroatoms. The van der Waals surface area contributed by atoms with E-state index in [2.05, 4.69) is 47.0 Å². The first-order valence-corrected chi connectivity index (χ1v) is 7.22. The maximum absolute atomic E-state index is 3.52. The highest BCUT2D eigenvalue weighted by Gasteiger charge is 2.19. The van der Waals surface area contributed by atoms with Gasteiger partial charge in [-0.1, -0.05) is 60.3 Å². The van der Waals surface area contributed by atoms with Gasteiger partial charge >= 0.3 is 0 Å². The number of rotatable bonds is 9. The molecule has 0 spiro atoms. The van der Waals surface area contributed by atoms with E-state index in [1.54, 1.807) is 0 Å². The van der Waals surface area contributed by atoms with Crippen molar-refractivity contribution >= 4 is 0 Å². The van der Waals surface area contributed by atoms with Crippen molar-refractivity contribution < 1.29 is 0 Å². The zero-order chi connectivity index (χ0) is 12.6. The maximum atomic E-state index is 3.52. The molecule has 0 fully saturated rings. The molecule has 0 rings (SSSR count). The molecular formula is C15H33N. The van der Waals surface area contributed by atoms with Gasteiger partial charge in [0.1, 0.15) is 0 Å². The standard InChI is InChI=1S/C15H33N/c1-7-14(8-2)15(16-6)11-13(5)10-9-12(3)4/h12-16H,7-11H2,1-6H3. The summed E-state index contributed by atoms with van der Waals surface area (Å²) in [5, 5.41) is 3.52. The van der Waals surface area contributed by atoms with Gasteiger partial charge in [0.15, 0.2) is 0 Å². The molecule has 0 saturated heterocycles. The summed E-state index contributed by atoms with van der Waals surface area (Å²) in [4.78, 5) is 0. The normalized spacial score (nSPS) is 15.8. The highest BCUT2D eigenvalue weighted by molar-refractivity contribution is 4.75. The fourth-order valence-electron chi connectivity index (χ4n) is 2.57. The Kier molecular flexibility index (Phi) is 9.02. The van der Waals surface area contributed by atoms with Crippen LogP contribution in [0.1, 0.15) is 66.7 Å². The molecule has 1 N–H and O–H groups in total. The number of hydrogen-bond acceptors (Lipinski definition) is 1. The lowest BCUT2D eigenvalue weighted by molar-refractivity contribution is 0.284. The minimum absolute atomic E-state index is 0.720. The highest BCUT2D eigenvalue weighted by Crippen LogP contribution is 2.23. The topological polar surface area (TPSA) is 12.0 Å². The summed E-state index contributed by atoms with van der Waals surface area (Å²) in [7, 11) is 2.12. The van der Waals surface area contributed by atoms with E-state index in [4.69, 9.17) is 0 Å². The van der Waals surface area contributed by atoms with Crippen molar-refractivity contribution in [3.8, 4) is 0 Å². The molecule has 0 aromatic rings. The highest BCUT2D eigenvalue weighted by atomic mass is 14.9. The van der Waals surface area contributed by atoms with Crippen molar-refractivity contribution in [2.24, 2.45) is 17.8 Å². The lowest BCUT2D eigenvalue weighted by Gasteiger charge is -2.28. The van der Waals surface area contributed by atoms with Gasteiger partial charge in [0.25, 0.3) is 0 Å². The van der Waals surface area contributed by atoms with Crippen molar-refractivity contribution in [3.05, 3.63) is 0 Å². The Morgan fingerprint density at radius 1 is 0.938 bits per heavy atom. The summed E-state index contributed by atoms with van der Waals surface area (Å²) >= 11 is 0. The van der Waals surface area contributed by atoms with Gasteiger partial charge in [0.05, 0.1) is 0 Å². The second-order valence-electron chi connectivity index (χ2n) is 5.78. The third-order valence-electron chi connectivity index (χ3n) is 3.88. The van der Waals surface area contributed by atoms with Crippen molar-refractivity contribution in [2.75, 3.05) is 7.05 Å². The van der Waals surface area contributed by atoms with Gasteiger partial charge in [-0.15, -0.1) is 0 Å². The molecule has 0 saturated carbocycles. The van der Waals surface area contributed by atoms with E-state index in [0.717, 1.165) is 23.8 Å². The lowest BCUT2D eigenvalue weighted by atomic mass is 9.85. The molecule has 0 heterocycles. The van der Waals surface area contributed by atoms with Gasteiger partial charge < -0.3 is 5.32 Å². The Labute approximate surface area is 103 Å². The fraction of sp³-hybridized carbons (Fsp3) is 1.00. The first-order chi connectivity index (χ1) is 7.54. The Bertz CT molecular complexity index is 150. The van der Waals surface area contributed by atoms with Crippen LogP contribution in [0.3, 0.4) is 0 Å². The van der Waals surface area contributed by atoms with E-state index in [9.17, 15) is 0 Å². The average Bonchev–Trinajstić information content (AvgIpc) is 2.26. The lowest BCUT2D eigenvalue weighted by Crippen LogP contribution is -2.34. The maximum Gasteiger partial charge on any atom is 0.00946 e. The van der Waals surface area contributed by atoms with Crippen molar-refractivity contribution in [3.63, 3.8) is 0 Å². The van der Waals surface area contributed by atoms with E-state index < -0.39 is 0 Å². The Hall–Kier alpha value is -0.0400. The van der Waals surface area contributed by atoms with E-state index in [-0.39, 0.29) is 0 Å². The molecule has 0 aromatic heterocycles. The van der Waals surface area contributed by atoms with E-state index in [0.29, 0.717) is 0 Å². The van der Waals surface area contributed by atoms with Crippen LogP contribution in [0, 0.1) is 17.8 Å². The average molecular weight is 227 g/mol. The zero-order valence-corrected chi connectivity index (χ0v) is 12.3. The molecule has 1 nitrogen and oxygen atoms in total. The van der Waals surface area contributed by atoms with E-state index in [1.165, 1.54) is 32.1 Å². The van der Waals surface area contributed by atoms with Crippen LogP contribution in [0.2, 0.25) is 0 Å². The Morgan fingerprint density at radius 3 is 1.88 bits per heavy atom. The molecule has 2 atom stereocenters. The van der Waals surface area contributed by atoms with E-state index >= 15 is 0 Å². The number of nitrogens with one attached hydrogen (secondary N) is 1. The van der Waals surface area contributed by atoms with Crippen molar-refractivity contribution in [1.29, 1.82) is 0 Å². The van der Waals surface area contributed by atoms with Crippen LogP contribution in [-0.2, 0) is 0 Å². The molecule has 0 radical (unpaired) electrons. The third-order valence-corrected chi connectivity index (χ3v) is 3.88. The monoisotopic (exact) mass is 227 g/mol. The van der Waals surface area contributed by atoms with Crippen LogP contribution in [0.25, 0.3) is 0 Å². The molecule has 0 aromatic carbocycles. The molecule has 0 bridgehead atoms. The zero-order valence-electron chi connectivity index (χ0n) is 12.3. The summed E-state index contributed by atoms with van der Waals surface area (Å²) in [5.74, 6) is 2.57. The molecule has 2 unspecified atom stereocenters. The summed E-state index contributed by atoms with van der Waals surface area (Å²) in [6, 6.07) is 0.720. The van der Waals surface area contributed by atoms with Crippen molar-refractivity contribution in [1.82, 2.24) is 5.32 Å². The first kappa shape index (κ1) is 16.0. The minimum Gasteiger partial charge on any atom is -0.317 e. The molecule has 0 amide bonds. The summed E-state index contributed by atoms with van der Waals surface area (Å²) in [6.45, 7) is 11.7. The minimum atomic E-state index is 0.720. The predicted octanol–water partition coefficient (Wildman–Crippen LogP) is 4.47. The van der Waals surface area contributed by atoms with Crippen molar-refractivity contribution in [2.45, 2.75) is 72.8 Å². The van der Waals surface area contributed by atoms with Gasteiger partial charge in [-0.2, -0.15) is 0 Å². The van der Waals surface area contributed by atoms with Gasteiger partial charge in [-0.05, 0) is 31.2 Å². The van der Waals surface area contributed by atoms with Crippen LogP contribution < -0.4 is 5.32 Å². The van der Waals surface area contributed by atoms with Gasteiger partial charge in [-0.25, -0.2) is 0 Å². The van der Waals surface area contributed by atoms with Crippen LogP contribution in [0.4, 0.5) is 0 Å². The molecule has 0 aliphatic rings. The van der Waals surface area contributed by atoms with Crippen LogP contribution >= 0.6 is 0 Å². The second-order valence-corrected chi connectivity index (χ2v) is 5.78. The Balaban J connectivity index is 4.00. The number of hydrogen-bond donors (Lipinski definition) is 1. The second kappa shape index (κ2) is 9.04. The largest absolute Gasteiger partial charge is 0.317 e. The summed E-state index contributed by atoms with van der Waals surface area (Å²) < 4.78 is 0. The predicted molar refractivity (Wildman–Crippen MR) is 74.8 cm³/mol. The molecule has 0 aliphatic heterocycles. The van der Waals surface area contributed by atoms with Crippen LogP contribution in [0.15, 0.2) is 0 Å². The summed E-state index contributed by atoms with van der Waals surface area (Å²) in [6.07, 6.45) is 6.71. The van der Waals surface area contributed by atoms with Gasteiger partial charge in [0.2, 0.25) is 0 Å². The Morgan fingerprint density at radius 2 is 1.50 bits per heavy atom. The van der Waals surface area contributed by atoms with E-state index in [1.807, 2.05) is 0 Å².